The maximum atomic E-state index is 12.3. The third-order valence-corrected chi connectivity index (χ3v) is 18.2. The van der Waals surface area contributed by atoms with E-state index in [4.69, 9.17) is 33.2 Å². The molecule has 3 heterocycles. The highest BCUT2D eigenvalue weighted by Crippen LogP contribution is 2.89. The Bertz CT molecular complexity index is 1680. The highest BCUT2D eigenvalue weighted by molar-refractivity contribution is 5.67. The van der Waals surface area contributed by atoms with E-state index in [1.165, 1.54) is 13.8 Å². The average Bonchev–Trinajstić information content (AvgIpc) is 3.52. The third-order valence-electron chi connectivity index (χ3n) is 18.2. The fourth-order valence-electron chi connectivity index (χ4n) is 15.5. The molecule has 8 aliphatic rings. The van der Waals surface area contributed by atoms with Gasteiger partial charge in [0.15, 0.2) is 24.8 Å². The Labute approximate surface area is 358 Å². The molecule has 0 aromatic heterocycles. The molecule has 16 heteroatoms. The summed E-state index contributed by atoms with van der Waals surface area (Å²) in [5.74, 6) is -1.60. The minimum Gasteiger partial charge on any atom is -0.456 e. The molecule has 1 unspecified atom stereocenters. The average molecular weight is 869 g/mol. The van der Waals surface area contributed by atoms with Crippen LogP contribution >= 0.6 is 0 Å². The van der Waals surface area contributed by atoms with Gasteiger partial charge < -0.3 is 68.9 Å². The first-order valence-corrected chi connectivity index (χ1v) is 22.6. The molecule has 5 saturated carbocycles. The number of aliphatic hydroxyl groups is 7. The summed E-state index contributed by atoms with van der Waals surface area (Å²) in [6.45, 7) is 16.2. The van der Waals surface area contributed by atoms with E-state index in [0.29, 0.717) is 25.7 Å². The fraction of sp³-hybridized carbons (Fsp3) is 0.956. The van der Waals surface area contributed by atoms with Crippen LogP contribution < -0.4 is 0 Å². The first-order valence-electron chi connectivity index (χ1n) is 22.6. The standard InChI is InChI=1S/C45H72O16/c1-21(47)56-26-19-55-37(33(53)34(26)57-22(2)48)60-28-11-13-45-20-44(45)15-14-41(7)35(43(9)12-10-29(61-43)40(5,6)54)23(49)17-42(41,8)27(44)16-24(36(45)39(28,3)4)58-38-32(52)31(51)30(50)25(18-46)59-38/h23-38,46,49-54H,10-20H2,1-9H3/t23-,24-,25+,26+,27-,28-,29-,30+,31-,32+,33+,34-,35-,36-,37-,38+,41+,42-,43+,44?,45+/m0/s1. The van der Waals surface area contributed by atoms with E-state index in [-0.39, 0.29) is 52.1 Å². The van der Waals surface area contributed by atoms with Crippen LogP contribution in [0.1, 0.15) is 120 Å². The minimum atomic E-state index is -1.63. The second-order valence-corrected chi connectivity index (χ2v) is 22.2. The molecule has 0 aromatic rings. The molecule has 3 saturated heterocycles. The Hall–Kier alpha value is -1.54. The Morgan fingerprint density at radius 2 is 1.44 bits per heavy atom. The lowest BCUT2D eigenvalue weighted by Gasteiger charge is -2.65. The number of carbonyl (C=O) groups is 2. The van der Waals surface area contributed by atoms with Crippen molar-refractivity contribution in [3.05, 3.63) is 0 Å². The Morgan fingerprint density at radius 1 is 0.754 bits per heavy atom. The molecule has 21 atom stereocenters. The van der Waals surface area contributed by atoms with Crippen LogP contribution in [0.2, 0.25) is 0 Å². The van der Waals surface area contributed by atoms with E-state index in [2.05, 4.69) is 34.6 Å². The molecule has 5 aliphatic carbocycles. The van der Waals surface area contributed by atoms with Crippen LogP contribution in [-0.2, 0) is 42.7 Å². The molecular formula is C45H72O16. The number of hydrogen-bond donors (Lipinski definition) is 7. The third kappa shape index (κ3) is 6.89. The van der Waals surface area contributed by atoms with Crippen LogP contribution in [0.25, 0.3) is 0 Å². The lowest BCUT2D eigenvalue weighted by atomic mass is 9.41. The van der Waals surface area contributed by atoms with E-state index in [0.717, 1.165) is 32.1 Å². The molecule has 0 aromatic carbocycles. The topological polar surface area (TPSA) is 240 Å². The molecule has 348 valence electrons. The number of fused-ring (bicyclic) bond motifs is 2. The molecule has 0 amide bonds. The van der Waals surface area contributed by atoms with Gasteiger partial charge in [0, 0.05) is 19.8 Å². The van der Waals surface area contributed by atoms with Crippen molar-refractivity contribution < 1.29 is 78.5 Å². The number of hydrogen-bond acceptors (Lipinski definition) is 16. The zero-order valence-electron chi connectivity index (χ0n) is 37.3. The summed E-state index contributed by atoms with van der Waals surface area (Å²) in [7, 11) is 0. The van der Waals surface area contributed by atoms with Crippen LogP contribution in [-0.4, -0.2) is 152 Å². The Kier molecular flexibility index (Phi) is 11.5. The van der Waals surface area contributed by atoms with Gasteiger partial charge in [-0.25, -0.2) is 0 Å². The van der Waals surface area contributed by atoms with Crippen molar-refractivity contribution in [3.8, 4) is 0 Å². The summed E-state index contributed by atoms with van der Waals surface area (Å²) in [6.07, 6.45) is -7.78. The zero-order chi connectivity index (χ0) is 44.6. The number of ether oxygens (including phenoxy) is 7. The van der Waals surface area contributed by atoms with Crippen molar-refractivity contribution in [2.45, 2.75) is 211 Å². The summed E-state index contributed by atoms with van der Waals surface area (Å²) in [5, 5.41) is 77.8. The number of aliphatic hydroxyl groups excluding tert-OH is 6. The number of carbonyl (C=O) groups excluding carboxylic acids is 2. The molecule has 16 nitrogen and oxygen atoms in total. The molecular weight excluding hydrogens is 796 g/mol. The predicted octanol–water partition coefficient (Wildman–Crippen LogP) is 1.87. The Morgan fingerprint density at radius 3 is 2.07 bits per heavy atom. The summed E-state index contributed by atoms with van der Waals surface area (Å²) in [6, 6.07) is 0. The molecule has 8 fully saturated rings. The lowest BCUT2D eigenvalue weighted by Crippen LogP contribution is -2.65. The van der Waals surface area contributed by atoms with Crippen LogP contribution in [0.4, 0.5) is 0 Å². The van der Waals surface area contributed by atoms with Crippen molar-refractivity contribution in [3.63, 3.8) is 0 Å². The predicted molar refractivity (Wildman–Crippen MR) is 213 cm³/mol. The maximum absolute atomic E-state index is 12.3. The number of rotatable bonds is 9. The van der Waals surface area contributed by atoms with E-state index in [1.54, 1.807) is 13.8 Å². The second-order valence-electron chi connectivity index (χ2n) is 22.2. The van der Waals surface area contributed by atoms with Gasteiger partial charge >= 0.3 is 11.9 Å². The van der Waals surface area contributed by atoms with Gasteiger partial charge in [-0.15, -0.1) is 0 Å². The first-order chi connectivity index (χ1) is 28.3. The van der Waals surface area contributed by atoms with Gasteiger partial charge in [0.05, 0.1) is 48.8 Å². The van der Waals surface area contributed by atoms with Crippen molar-refractivity contribution in [2.75, 3.05) is 13.2 Å². The van der Waals surface area contributed by atoms with Gasteiger partial charge in [-0.3, -0.25) is 9.59 Å². The molecule has 0 bridgehead atoms. The van der Waals surface area contributed by atoms with Gasteiger partial charge in [0.2, 0.25) is 0 Å². The van der Waals surface area contributed by atoms with Gasteiger partial charge in [0.25, 0.3) is 0 Å². The fourth-order valence-corrected chi connectivity index (χ4v) is 15.5. The zero-order valence-corrected chi connectivity index (χ0v) is 37.3. The molecule has 0 radical (unpaired) electrons. The van der Waals surface area contributed by atoms with E-state index < -0.39 is 109 Å². The first kappa shape index (κ1) is 46.0. The van der Waals surface area contributed by atoms with Gasteiger partial charge in [-0.1, -0.05) is 27.7 Å². The van der Waals surface area contributed by atoms with Gasteiger partial charge in [0.1, 0.15) is 30.5 Å². The lowest BCUT2D eigenvalue weighted by molar-refractivity contribution is -0.339. The van der Waals surface area contributed by atoms with Crippen molar-refractivity contribution in [1.29, 1.82) is 0 Å². The minimum absolute atomic E-state index is 0.0686. The van der Waals surface area contributed by atoms with E-state index >= 15 is 0 Å². The SMILES string of the molecule is CC(=O)O[C@@H]1[C@@H](O)[C@H](O[C@H]2CC[C@]34CC35CC[C@]3(C)[C@@H]([C@@]6(C)CC[C@@H](C(C)(C)O)O6)[C@@H](O)C[C@@]3(C)[C@@H]5C[C@H](O[C@@H]3O[C@H](CO)[C@@H](O)[C@H](O)[C@H]3O)[C@H]4C2(C)C)OC[C@H]1OC(C)=O. The molecule has 2 spiro atoms. The highest BCUT2D eigenvalue weighted by Gasteiger charge is 2.85. The van der Waals surface area contributed by atoms with Crippen LogP contribution in [0, 0.1) is 44.8 Å². The normalized spacial score (nSPS) is 53.8. The summed E-state index contributed by atoms with van der Waals surface area (Å²) in [4.78, 5) is 24.0. The van der Waals surface area contributed by atoms with Crippen LogP contribution in [0.15, 0.2) is 0 Å². The molecule has 8 rings (SSSR count). The largest absolute Gasteiger partial charge is 0.456 e. The smallest absolute Gasteiger partial charge is 0.303 e. The second kappa shape index (κ2) is 15.3. The quantitative estimate of drug-likeness (QED) is 0.129. The van der Waals surface area contributed by atoms with Gasteiger partial charge in [-0.2, -0.15) is 0 Å². The summed E-state index contributed by atoms with van der Waals surface area (Å²) in [5.41, 5.74) is -3.43. The highest BCUT2D eigenvalue weighted by atomic mass is 16.7. The monoisotopic (exact) mass is 868 g/mol. The van der Waals surface area contributed by atoms with Crippen LogP contribution in [0.3, 0.4) is 0 Å². The van der Waals surface area contributed by atoms with E-state index in [1.807, 2.05) is 0 Å². The van der Waals surface area contributed by atoms with Crippen molar-refractivity contribution in [1.82, 2.24) is 0 Å². The van der Waals surface area contributed by atoms with E-state index in [9.17, 15) is 45.3 Å². The van der Waals surface area contributed by atoms with Gasteiger partial charge in [-0.05, 0) is 117 Å². The van der Waals surface area contributed by atoms with Crippen molar-refractivity contribution in [2.24, 2.45) is 44.8 Å². The number of esters is 2. The Balaban J connectivity index is 1.13. The maximum Gasteiger partial charge on any atom is 0.303 e. The molecule has 7 N–H and O–H groups in total. The van der Waals surface area contributed by atoms with Crippen molar-refractivity contribution >= 4 is 11.9 Å². The molecule has 61 heavy (non-hydrogen) atoms. The molecule has 3 aliphatic heterocycles. The summed E-state index contributed by atoms with van der Waals surface area (Å²) >= 11 is 0. The summed E-state index contributed by atoms with van der Waals surface area (Å²) < 4.78 is 43.3. The van der Waals surface area contributed by atoms with Crippen LogP contribution in [0.5, 0.6) is 0 Å².